The summed E-state index contributed by atoms with van der Waals surface area (Å²) >= 11 is 3.60. The van der Waals surface area contributed by atoms with Crippen molar-refractivity contribution in [2.45, 2.75) is 27.2 Å². The molecular weight excluding hydrogens is 328 g/mol. The van der Waals surface area contributed by atoms with E-state index in [0.717, 1.165) is 49.2 Å². The first-order chi connectivity index (χ1) is 10.0. The molecule has 0 aliphatic carbocycles. The largest absolute Gasteiger partial charge is 0.384 e. The molecule has 0 fully saturated rings. The fraction of sp³-hybridized carbons (Fsp3) is 0.562. The Labute approximate surface area is 136 Å². The van der Waals surface area contributed by atoms with Crippen molar-refractivity contribution >= 4 is 27.5 Å². The maximum absolute atomic E-state index is 7.49. The second-order valence-electron chi connectivity index (χ2n) is 5.04. The molecule has 0 aromatic heterocycles. The van der Waals surface area contributed by atoms with Gasteiger partial charge in [0.1, 0.15) is 5.84 Å². The summed E-state index contributed by atoms with van der Waals surface area (Å²) in [7, 11) is 0. The zero-order valence-corrected chi connectivity index (χ0v) is 14.9. The first-order valence-electron chi connectivity index (χ1n) is 7.64. The Balaban J connectivity index is 2.69. The Morgan fingerprint density at radius 1 is 1.14 bits per heavy atom. The molecule has 118 valence electrons. The van der Waals surface area contributed by atoms with E-state index in [1.807, 2.05) is 18.2 Å². The number of benzene rings is 1. The molecule has 0 unspecified atom stereocenters. The summed E-state index contributed by atoms with van der Waals surface area (Å²) in [4.78, 5) is 4.80. The lowest BCUT2D eigenvalue weighted by Crippen LogP contribution is -2.30. The van der Waals surface area contributed by atoms with Crippen LogP contribution < -0.4 is 10.6 Å². The number of hydrogen-bond acceptors (Lipinski definition) is 3. The van der Waals surface area contributed by atoms with E-state index in [2.05, 4.69) is 46.5 Å². The highest BCUT2D eigenvalue weighted by Gasteiger charge is 2.10. The molecule has 0 radical (unpaired) electrons. The molecule has 0 aliphatic heterocycles. The van der Waals surface area contributed by atoms with Gasteiger partial charge in [0, 0.05) is 23.1 Å². The van der Waals surface area contributed by atoms with Crippen LogP contribution in [0.3, 0.4) is 0 Å². The summed E-state index contributed by atoms with van der Waals surface area (Å²) < 4.78 is 1.000. The summed E-state index contributed by atoms with van der Waals surface area (Å²) in [6.07, 6.45) is 1.15. The molecule has 1 aromatic rings. The van der Waals surface area contributed by atoms with Gasteiger partial charge in [-0.15, -0.1) is 0 Å². The molecule has 0 bridgehead atoms. The van der Waals surface area contributed by atoms with Gasteiger partial charge in [0.2, 0.25) is 0 Å². The number of nitrogens with one attached hydrogen (secondary N) is 1. The summed E-state index contributed by atoms with van der Waals surface area (Å²) in [5, 5.41) is 7.49. The molecule has 0 atom stereocenters. The van der Waals surface area contributed by atoms with Crippen LogP contribution in [0.25, 0.3) is 0 Å². The van der Waals surface area contributed by atoms with Gasteiger partial charge in [0.25, 0.3) is 0 Å². The number of nitrogens with zero attached hydrogens (tertiary/aromatic N) is 2. The minimum absolute atomic E-state index is 0.104. The van der Waals surface area contributed by atoms with E-state index in [4.69, 9.17) is 11.1 Å². The molecule has 0 amide bonds. The number of hydrogen-bond donors (Lipinski definition) is 2. The van der Waals surface area contributed by atoms with Crippen molar-refractivity contribution in [1.29, 1.82) is 5.41 Å². The lowest BCUT2D eigenvalue weighted by molar-refractivity contribution is 0.301. The second kappa shape index (κ2) is 9.05. The third-order valence-corrected chi connectivity index (χ3v) is 4.41. The van der Waals surface area contributed by atoms with Crippen LogP contribution in [0.1, 0.15) is 32.8 Å². The van der Waals surface area contributed by atoms with Gasteiger partial charge in [-0.2, -0.15) is 0 Å². The van der Waals surface area contributed by atoms with Crippen LogP contribution >= 0.6 is 15.9 Å². The van der Waals surface area contributed by atoms with Crippen molar-refractivity contribution < 1.29 is 0 Å². The second-order valence-corrected chi connectivity index (χ2v) is 5.89. The molecule has 0 heterocycles. The lowest BCUT2D eigenvalue weighted by Gasteiger charge is -2.26. The van der Waals surface area contributed by atoms with Crippen LogP contribution in [-0.2, 0) is 0 Å². The van der Waals surface area contributed by atoms with Crippen molar-refractivity contribution in [3.05, 3.63) is 28.2 Å². The number of anilines is 1. The van der Waals surface area contributed by atoms with E-state index < -0.39 is 0 Å². The fourth-order valence-electron chi connectivity index (χ4n) is 2.40. The molecule has 0 saturated heterocycles. The van der Waals surface area contributed by atoms with Crippen LogP contribution in [0.5, 0.6) is 0 Å². The highest BCUT2D eigenvalue weighted by atomic mass is 79.9. The molecule has 0 saturated carbocycles. The van der Waals surface area contributed by atoms with Crippen molar-refractivity contribution in [3.8, 4) is 0 Å². The molecule has 0 aliphatic rings. The van der Waals surface area contributed by atoms with E-state index in [1.54, 1.807) is 0 Å². The van der Waals surface area contributed by atoms with Gasteiger partial charge < -0.3 is 15.5 Å². The van der Waals surface area contributed by atoms with Crippen LogP contribution in [0.2, 0.25) is 0 Å². The highest BCUT2D eigenvalue weighted by Crippen LogP contribution is 2.27. The summed E-state index contributed by atoms with van der Waals surface area (Å²) in [6.45, 7) is 11.9. The van der Waals surface area contributed by atoms with Crippen LogP contribution in [0.4, 0.5) is 5.69 Å². The van der Waals surface area contributed by atoms with Crippen LogP contribution in [0, 0.1) is 5.41 Å². The fourth-order valence-corrected chi connectivity index (χ4v) is 3.03. The molecule has 21 heavy (non-hydrogen) atoms. The van der Waals surface area contributed by atoms with Gasteiger partial charge in [0.15, 0.2) is 0 Å². The number of halogens is 1. The first kappa shape index (κ1) is 18.0. The van der Waals surface area contributed by atoms with Crippen LogP contribution in [-0.4, -0.2) is 43.5 Å². The maximum Gasteiger partial charge on any atom is 0.122 e. The van der Waals surface area contributed by atoms with Crippen molar-refractivity contribution in [3.63, 3.8) is 0 Å². The summed E-state index contributed by atoms with van der Waals surface area (Å²) in [5.41, 5.74) is 7.45. The average Bonchev–Trinajstić information content (AvgIpc) is 2.48. The first-order valence-corrected chi connectivity index (χ1v) is 8.43. The summed E-state index contributed by atoms with van der Waals surface area (Å²) in [6, 6.07) is 5.88. The molecule has 3 N–H and O–H groups in total. The normalized spacial score (nSPS) is 10.9. The van der Waals surface area contributed by atoms with Crippen molar-refractivity contribution in [2.75, 3.05) is 37.6 Å². The number of rotatable bonds is 9. The minimum Gasteiger partial charge on any atom is -0.384 e. The summed E-state index contributed by atoms with van der Waals surface area (Å²) in [5.74, 6) is 0.104. The average molecular weight is 355 g/mol. The van der Waals surface area contributed by atoms with Gasteiger partial charge in [-0.05, 0) is 67.1 Å². The standard InChI is InChI=1S/C16H27BrN4/c1-4-20(5-2)10-7-11-21(6-3)15-9-8-13(16(18)19)12-14(15)17/h8-9,12H,4-7,10-11H2,1-3H3,(H3,18,19). The monoisotopic (exact) mass is 354 g/mol. The van der Waals surface area contributed by atoms with E-state index >= 15 is 0 Å². The zero-order valence-electron chi connectivity index (χ0n) is 13.3. The lowest BCUT2D eigenvalue weighted by atomic mass is 10.1. The van der Waals surface area contributed by atoms with Crippen LogP contribution in [0.15, 0.2) is 22.7 Å². The predicted molar refractivity (Wildman–Crippen MR) is 95.5 cm³/mol. The van der Waals surface area contributed by atoms with E-state index in [-0.39, 0.29) is 5.84 Å². The van der Waals surface area contributed by atoms with Gasteiger partial charge in [-0.1, -0.05) is 13.8 Å². The Morgan fingerprint density at radius 2 is 1.81 bits per heavy atom. The van der Waals surface area contributed by atoms with Gasteiger partial charge in [-0.25, -0.2) is 0 Å². The molecule has 4 nitrogen and oxygen atoms in total. The van der Waals surface area contributed by atoms with E-state index in [0.29, 0.717) is 0 Å². The van der Waals surface area contributed by atoms with Gasteiger partial charge in [0.05, 0.1) is 5.69 Å². The molecule has 1 rings (SSSR count). The third-order valence-electron chi connectivity index (χ3n) is 3.78. The minimum atomic E-state index is 0.104. The van der Waals surface area contributed by atoms with E-state index in [9.17, 15) is 0 Å². The Kier molecular flexibility index (Phi) is 7.75. The molecule has 1 aromatic carbocycles. The number of nitrogen functional groups attached to an aromatic ring is 1. The van der Waals surface area contributed by atoms with Crippen molar-refractivity contribution in [2.24, 2.45) is 5.73 Å². The highest BCUT2D eigenvalue weighted by molar-refractivity contribution is 9.10. The number of nitrogens with two attached hydrogens (primary N) is 1. The van der Waals surface area contributed by atoms with Crippen molar-refractivity contribution in [1.82, 2.24) is 4.90 Å². The smallest absolute Gasteiger partial charge is 0.122 e. The topological polar surface area (TPSA) is 56.4 Å². The zero-order chi connectivity index (χ0) is 15.8. The maximum atomic E-state index is 7.49. The Morgan fingerprint density at radius 3 is 2.29 bits per heavy atom. The Hall–Kier alpha value is -1.07. The SMILES string of the molecule is CCN(CC)CCCN(CC)c1ccc(C(=N)N)cc1Br. The quantitative estimate of drug-likeness (QED) is 0.528. The van der Waals surface area contributed by atoms with Gasteiger partial charge in [-0.3, -0.25) is 5.41 Å². The third kappa shape index (κ3) is 5.32. The van der Waals surface area contributed by atoms with Gasteiger partial charge >= 0.3 is 0 Å². The molecule has 0 spiro atoms. The van der Waals surface area contributed by atoms with E-state index in [1.165, 1.54) is 5.69 Å². The predicted octanol–water partition coefficient (Wildman–Crippen LogP) is 3.29. The molecule has 5 heteroatoms. The Bertz CT molecular complexity index is 458. The number of amidine groups is 1. The molecular formula is C16H27BrN4.